The number of nitrogens with zero attached hydrogens (tertiary/aromatic N) is 2. The van der Waals surface area contributed by atoms with Gasteiger partial charge in [0, 0.05) is 35.7 Å². The maximum Gasteiger partial charge on any atom is 0.321 e. The first-order chi connectivity index (χ1) is 15.5. The van der Waals surface area contributed by atoms with Crippen molar-refractivity contribution in [3.8, 4) is 0 Å². The highest BCUT2D eigenvalue weighted by atomic mass is 35.5. The summed E-state index contributed by atoms with van der Waals surface area (Å²) in [7, 11) is 1.75. The predicted octanol–water partition coefficient (Wildman–Crippen LogP) is 5.40. The van der Waals surface area contributed by atoms with Crippen LogP contribution < -0.4 is 10.6 Å². The van der Waals surface area contributed by atoms with E-state index < -0.39 is 34.7 Å². The molecule has 0 radical (unpaired) electrons. The quantitative estimate of drug-likeness (QED) is 0.493. The van der Waals surface area contributed by atoms with Gasteiger partial charge in [-0.15, -0.1) is 0 Å². The molecule has 6 nitrogen and oxygen atoms in total. The fraction of sp³-hybridized carbons (Fsp3) is 0.542. The Hall–Kier alpha value is -1.96. The van der Waals surface area contributed by atoms with E-state index in [1.807, 2.05) is 13.0 Å². The Bertz CT molecular complexity index is 1090. The molecule has 1 spiro atoms. The minimum Gasteiger partial charge on any atom is -0.480 e. The fourth-order valence-electron chi connectivity index (χ4n) is 6.02. The van der Waals surface area contributed by atoms with Crippen LogP contribution in [0.4, 0.5) is 10.2 Å². The summed E-state index contributed by atoms with van der Waals surface area (Å²) < 4.78 is 15.4. The van der Waals surface area contributed by atoms with Crippen molar-refractivity contribution in [1.82, 2.24) is 15.3 Å². The Labute approximate surface area is 203 Å². The van der Waals surface area contributed by atoms with Crippen molar-refractivity contribution >= 4 is 35.0 Å². The van der Waals surface area contributed by atoms with Gasteiger partial charge in [-0.3, -0.25) is 10.1 Å². The van der Waals surface area contributed by atoms with Crippen LogP contribution in [0, 0.1) is 11.2 Å². The lowest BCUT2D eigenvalue weighted by atomic mass is 9.54. The number of carboxylic acids is 1. The molecule has 33 heavy (non-hydrogen) atoms. The molecule has 0 aromatic carbocycles. The van der Waals surface area contributed by atoms with Crippen LogP contribution >= 0.6 is 23.2 Å². The summed E-state index contributed by atoms with van der Waals surface area (Å²) in [5.41, 5.74) is -0.271. The molecule has 1 unspecified atom stereocenters. The first-order valence-electron chi connectivity index (χ1n) is 11.1. The van der Waals surface area contributed by atoms with Crippen LogP contribution in [0.2, 0.25) is 10.3 Å². The number of halogens is 3. The maximum absolute atomic E-state index is 15.4. The van der Waals surface area contributed by atoms with Crippen molar-refractivity contribution in [3.05, 3.63) is 51.6 Å². The lowest BCUT2D eigenvalue weighted by molar-refractivity contribution is -0.139. The topological polar surface area (TPSA) is 87.1 Å². The van der Waals surface area contributed by atoms with Crippen molar-refractivity contribution < 1.29 is 14.3 Å². The van der Waals surface area contributed by atoms with E-state index in [4.69, 9.17) is 23.2 Å². The first-order valence-corrected chi connectivity index (χ1v) is 11.9. The third kappa shape index (κ3) is 3.78. The Morgan fingerprint density at radius 1 is 1.18 bits per heavy atom. The molecule has 2 aliphatic rings. The Morgan fingerprint density at radius 2 is 1.85 bits per heavy atom. The third-order valence-corrected chi connectivity index (χ3v) is 8.45. The largest absolute Gasteiger partial charge is 0.480 e. The van der Waals surface area contributed by atoms with Crippen molar-refractivity contribution in [3.63, 3.8) is 0 Å². The van der Waals surface area contributed by atoms with Gasteiger partial charge in [0.25, 0.3) is 0 Å². The lowest BCUT2D eigenvalue weighted by Crippen LogP contribution is -2.57. The molecule has 0 amide bonds. The van der Waals surface area contributed by atoms with Gasteiger partial charge in [0.05, 0.1) is 0 Å². The number of pyridine rings is 2. The van der Waals surface area contributed by atoms with E-state index in [1.54, 1.807) is 13.1 Å². The zero-order chi connectivity index (χ0) is 24.2. The molecule has 2 fully saturated rings. The molecule has 3 heterocycles. The smallest absolute Gasteiger partial charge is 0.321 e. The first kappa shape index (κ1) is 24.2. The van der Waals surface area contributed by atoms with Gasteiger partial charge in [0.15, 0.2) is 11.0 Å². The lowest BCUT2D eigenvalue weighted by Gasteiger charge is -2.52. The number of aromatic nitrogens is 2. The van der Waals surface area contributed by atoms with Crippen LogP contribution in [0.5, 0.6) is 0 Å². The number of carbonyl (C=O) groups is 1. The molecule has 2 aromatic heterocycles. The molecule has 3 atom stereocenters. The van der Waals surface area contributed by atoms with Gasteiger partial charge >= 0.3 is 5.97 Å². The van der Waals surface area contributed by atoms with E-state index in [1.165, 1.54) is 12.3 Å². The Balaban J connectivity index is 2.02. The SMILES string of the molecule is CNc1nc(Cl)ccc1C1(C)[C@@H](c2ccnc(Cl)c2F)[C@H](C(=O)O)NC12CCC(C)(C)CC2. The van der Waals surface area contributed by atoms with Crippen molar-refractivity contribution in [1.29, 1.82) is 0 Å². The van der Waals surface area contributed by atoms with E-state index in [0.717, 1.165) is 31.2 Å². The van der Waals surface area contributed by atoms with Crippen LogP contribution in [0.15, 0.2) is 24.4 Å². The summed E-state index contributed by atoms with van der Waals surface area (Å²) in [4.78, 5) is 20.9. The molecular formula is C24H29Cl2FN4O2. The molecule has 1 aliphatic heterocycles. The summed E-state index contributed by atoms with van der Waals surface area (Å²) in [6, 6.07) is 4.09. The number of hydrogen-bond acceptors (Lipinski definition) is 5. The van der Waals surface area contributed by atoms with E-state index in [-0.39, 0.29) is 16.1 Å². The van der Waals surface area contributed by atoms with Crippen LogP contribution in [-0.4, -0.2) is 39.7 Å². The van der Waals surface area contributed by atoms with E-state index in [9.17, 15) is 9.90 Å². The molecule has 2 aromatic rings. The number of carboxylic acid groups (broad SMARTS) is 1. The van der Waals surface area contributed by atoms with E-state index >= 15 is 4.39 Å². The van der Waals surface area contributed by atoms with Crippen molar-refractivity contribution in [2.75, 3.05) is 12.4 Å². The summed E-state index contributed by atoms with van der Waals surface area (Å²) >= 11 is 12.3. The second kappa shape index (κ2) is 8.36. The second-order valence-electron chi connectivity index (χ2n) is 10.2. The number of nitrogens with one attached hydrogen (secondary N) is 2. The highest BCUT2D eigenvalue weighted by Gasteiger charge is 2.65. The number of aliphatic carboxylic acids is 1. The highest BCUT2D eigenvalue weighted by Crippen LogP contribution is 2.61. The summed E-state index contributed by atoms with van der Waals surface area (Å²) in [6.07, 6.45) is 4.72. The van der Waals surface area contributed by atoms with Crippen molar-refractivity contribution in [2.24, 2.45) is 5.41 Å². The molecule has 1 saturated heterocycles. The minimum absolute atomic E-state index is 0.139. The molecule has 4 rings (SSSR count). The zero-order valence-electron chi connectivity index (χ0n) is 19.2. The van der Waals surface area contributed by atoms with Gasteiger partial charge in [-0.1, -0.05) is 50.0 Å². The highest BCUT2D eigenvalue weighted by molar-refractivity contribution is 6.29. The van der Waals surface area contributed by atoms with Crippen LogP contribution in [-0.2, 0) is 10.2 Å². The minimum atomic E-state index is -1.03. The maximum atomic E-state index is 15.4. The normalized spacial score (nSPS) is 28.1. The number of anilines is 1. The molecule has 1 aliphatic carbocycles. The Morgan fingerprint density at radius 3 is 2.45 bits per heavy atom. The van der Waals surface area contributed by atoms with Crippen LogP contribution in [0.1, 0.15) is 63.5 Å². The summed E-state index contributed by atoms with van der Waals surface area (Å²) in [5.74, 6) is -1.93. The third-order valence-electron chi connectivity index (χ3n) is 7.97. The Kier molecular flexibility index (Phi) is 6.13. The molecular weight excluding hydrogens is 466 g/mol. The number of hydrogen-bond donors (Lipinski definition) is 3. The second-order valence-corrected chi connectivity index (χ2v) is 10.9. The van der Waals surface area contributed by atoms with Crippen molar-refractivity contribution in [2.45, 2.75) is 69.4 Å². The van der Waals surface area contributed by atoms with Crippen LogP contribution in [0.25, 0.3) is 0 Å². The monoisotopic (exact) mass is 494 g/mol. The molecule has 0 bridgehead atoms. The van der Waals surface area contributed by atoms with Gasteiger partial charge in [-0.05, 0) is 48.8 Å². The summed E-state index contributed by atoms with van der Waals surface area (Å²) in [5, 5.41) is 16.9. The average molecular weight is 495 g/mol. The van der Waals surface area contributed by atoms with E-state index in [0.29, 0.717) is 11.0 Å². The summed E-state index contributed by atoms with van der Waals surface area (Å²) in [6.45, 7) is 6.47. The molecule has 3 N–H and O–H groups in total. The molecule has 178 valence electrons. The average Bonchev–Trinajstić information content (AvgIpc) is 3.02. The standard InChI is InChI=1S/C24H29Cl2FN4O2/c1-22(2)8-10-24(11-9-22)23(3,14-5-6-15(25)30-20(14)28-4)16(18(31-24)21(32)33)13-7-12-29-19(26)17(13)27/h5-7,12,16,18,31H,8-11H2,1-4H3,(H,28,30)(H,32,33)/t16-,18+,23?/m0/s1. The van der Waals surface area contributed by atoms with Gasteiger partial charge in [0.2, 0.25) is 0 Å². The molecule has 1 saturated carbocycles. The molecule has 9 heteroatoms. The van der Waals surface area contributed by atoms with Gasteiger partial charge in [-0.25, -0.2) is 14.4 Å². The van der Waals surface area contributed by atoms with Gasteiger partial charge < -0.3 is 10.4 Å². The predicted molar refractivity (Wildman–Crippen MR) is 128 cm³/mol. The van der Waals surface area contributed by atoms with E-state index in [2.05, 4.69) is 34.4 Å². The van der Waals surface area contributed by atoms with Gasteiger partial charge in [0.1, 0.15) is 17.0 Å². The van der Waals surface area contributed by atoms with Gasteiger partial charge in [-0.2, -0.15) is 0 Å². The fourth-order valence-corrected chi connectivity index (χ4v) is 6.33. The number of rotatable bonds is 4. The van der Waals surface area contributed by atoms with Crippen LogP contribution in [0.3, 0.4) is 0 Å². The zero-order valence-corrected chi connectivity index (χ0v) is 20.7.